The van der Waals surface area contributed by atoms with Crippen molar-refractivity contribution in [3.63, 3.8) is 0 Å². The molecule has 0 aliphatic carbocycles. The number of alkyl halides is 3. The van der Waals surface area contributed by atoms with Crippen LogP contribution in [0.15, 0.2) is 42.5 Å². The number of hydrogen-bond donors (Lipinski definition) is 1. The molecule has 2 N–H and O–H groups in total. The molecule has 0 aromatic heterocycles. The number of anilines is 1. The quantitative estimate of drug-likeness (QED) is 0.852. The van der Waals surface area contributed by atoms with Crippen molar-refractivity contribution in [2.45, 2.75) is 6.36 Å². The largest absolute Gasteiger partial charge is 0.573 e. The molecule has 0 bridgehead atoms. The molecule has 0 spiro atoms. The van der Waals surface area contributed by atoms with E-state index in [0.717, 1.165) is 0 Å². The Kier molecular flexibility index (Phi) is 3.53. The molecule has 102 valence electrons. The molecular formula is C14H9F3N2O. The zero-order valence-electron chi connectivity index (χ0n) is 10.1. The number of ether oxygens (including phenoxy) is 1. The van der Waals surface area contributed by atoms with Crippen LogP contribution in [0.25, 0.3) is 11.1 Å². The molecule has 2 aromatic carbocycles. The highest BCUT2D eigenvalue weighted by atomic mass is 19.4. The molecule has 2 rings (SSSR count). The van der Waals surface area contributed by atoms with Gasteiger partial charge in [-0.05, 0) is 23.8 Å². The van der Waals surface area contributed by atoms with E-state index in [4.69, 9.17) is 11.0 Å². The van der Waals surface area contributed by atoms with Gasteiger partial charge in [0.05, 0.1) is 11.3 Å². The van der Waals surface area contributed by atoms with Crippen LogP contribution in [0.4, 0.5) is 18.9 Å². The number of nitrogens with zero attached hydrogens (tertiary/aromatic N) is 1. The Labute approximate surface area is 113 Å². The average molecular weight is 278 g/mol. The van der Waals surface area contributed by atoms with Crippen LogP contribution in [0.5, 0.6) is 5.75 Å². The van der Waals surface area contributed by atoms with Gasteiger partial charge < -0.3 is 10.5 Å². The van der Waals surface area contributed by atoms with E-state index < -0.39 is 6.36 Å². The van der Waals surface area contributed by atoms with Gasteiger partial charge in [0.1, 0.15) is 11.8 Å². The van der Waals surface area contributed by atoms with Gasteiger partial charge in [-0.2, -0.15) is 5.26 Å². The Morgan fingerprint density at radius 1 is 1.05 bits per heavy atom. The van der Waals surface area contributed by atoms with Crippen molar-refractivity contribution >= 4 is 5.69 Å². The first-order valence-electron chi connectivity index (χ1n) is 5.55. The third kappa shape index (κ3) is 3.01. The normalized spacial score (nSPS) is 10.9. The van der Waals surface area contributed by atoms with Crippen molar-refractivity contribution in [2.75, 3.05) is 5.73 Å². The van der Waals surface area contributed by atoms with Crippen molar-refractivity contribution in [2.24, 2.45) is 0 Å². The topological polar surface area (TPSA) is 59.0 Å². The van der Waals surface area contributed by atoms with Gasteiger partial charge in [0.15, 0.2) is 0 Å². The Balaban J connectivity index is 2.36. The first-order valence-corrected chi connectivity index (χ1v) is 5.55. The van der Waals surface area contributed by atoms with Crippen LogP contribution < -0.4 is 10.5 Å². The summed E-state index contributed by atoms with van der Waals surface area (Å²) in [5, 5.41) is 9.06. The van der Waals surface area contributed by atoms with Gasteiger partial charge in [-0.1, -0.05) is 24.3 Å². The van der Waals surface area contributed by atoms with Gasteiger partial charge in [-0.15, -0.1) is 13.2 Å². The van der Waals surface area contributed by atoms with Gasteiger partial charge in [-0.25, -0.2) is 0 Å². The molecule has 0 fully saturated rings. The Bertz CT molecular complexity index is 658. The molecule has 0 saturated carbocycles. The monoisotopic (exact) mass is 278 g/mol. The summed E-state index contributed by atoms with van der Waals surface area (Å²) in [5.74, 6) is -0.316. The van der Waals surface area contributed by atoms with Crippen molar-refractivity contribution in [1.29, 1.82) is 5.26 Å². The number of nitriles is 1. The molecule has 0 saturated heterocycles. The van der Waals surface area contributed by atoms with Crippen LogP contribution in [0, 0.1) is 11.3 Å². The second-order valence-electron chi connectivity index (χ2n) is 3.95. The first kappa shape index (κ1) is 13.7. The highest BCUT2D eigenvalue weighted by Gasteiger charge is 2.30. The Hall–Kier alpha value is -2.68. The van der Waals surface area contributed by atoms with E-state index in [-0.39, 0.29) is 11.3 Å². The second-order valence-corrected chi connectivity index (χ2v) is 3.95. The summed E-state index contributed by atoms with van der Waals surface area (Å²) >= 11 is 0. The number of nitrogen functional groups attached to an aromatic ring is 1. The highest BCUT2D eigenvalue weighted by molar-refractivity contribution is 5.77. The fourth-order valence-corrected chi connectivity index (χ4v) is 1.77. The molecule has 3 nitrogen and oxygen atoms in total. The van der Waals surface area contributed by atoms with Gasteiger partial charge in [-0.3, -0.25) is 0 Å². The Morgan fingerprint density at radius 3 is 2.25 bits per heavy atom. The van der Waals surface area contributed by atoms with Gasteiger partial charge in [0.25, 0.3) is 0 Å². The molecule has 0 aliphatic heterocycles. The molecule has 20 heavy (non-hydrogen) atoms. The predicted molar refractivity (Wildman–Crippen MR) is 67.7 cm³/mol. The van der Waals surface area contributed by atoms with Crippen molar-refractivity contribution in [3.8, 4) is 22.9 Å². The van der Waals surface area contributed by atoms with Crippen LogP contribution >= 0.6 is 0 Å². The summed E-state index contributed by atoms with van der Waals surface area (Å²) in [4.78, 5) is 0. The number of halogens is 3. The summed E-state index contributed by atoms with van der Waals surface area (Å²) in [7, 11) is 0. The van der Waals surface area contributed by atoms with Crippen molar-refractivity contribution in [1.82, 2.24) is 0 Å². The Morgan fingerprint density at radius 2 is 1.70 bits per heavy atom. The standard InChI is InChI=1S/C14H9F3N2O/c15-14(16,17)20-10-6-4-9(5-7-10)11-2-1-3-13(19)12(11)8-18/h1-7H,19H2. The minimum atomic E-state index is -4.73. The number of rotatable bonds is 2. The third-order valence-corrected chi connectivity index (χ3v) is 2.61. The lowest BCUT2D eigenvalue weighted by Crippen LogP contribution is -2.16. The number of hydrogen-bond acceptors (Lipinski definition) is 3. The number of nitrogens with two attached hydrogens (primary N) is 1. The summed E-state index contributed by atoms with van der Waals surface area (Å²) < 4.78 is 39.9. The predicted octanol–water partition coefficient (Wildman–Crippen LogP) is 3.71. The van der Waals surface area contributed by atoms with Crippen LogP contribution in [0.3, 0.4) is 0 Å². The summed E-state index contributed by atoms with van der Waals surface area (Å²) in [6.45, 7) is 0. The molecule has 0 amide bonds. The van der Waals surface area contributed by atoms with Gasteiger partial charge in [0.2, 0.25) is 0 Å². The van der Waals surface area contributed by atoms with Crippen LogP contribution in [0.2, 0.25) is 0 Å². The maximum Gasteiger partial charge on any atom is 0.573 e. The smallest absolute Gasteiger partial charge is 0.406 e. The van der Waals surface area contributed by atoms with Crippen molar-refractivity contribution < 1.29 is 17.9 Å². The zero-order chi connectivity index (χ0) is 14.8. The van der Waals surface area contributed by atoms with E-state index in [2.05, 4.69) is 4.74 Å². The molecule has 0 unspecified atom stereocenters. The van der Waals surface area contributed by atoms with Crippen molar-refractivity contribution in [3.05, 3.63) is 48.0 Å². The molecule has 0 heterocycles. The summed E-state index contributed by atoms with van der Waals surface area (Å²) in [6, 6.07) is 12.2. The molecule has 6 heteroatoms. The zero-order valence-corrected chi connectivity index (χ0v) is 10.1. The van der Waals surface area contributed by atoms with E-state index in [9.17, 15) is 13.2 Å². The van der Waals surface area contributed by atoms with E-state index >= 15 is 0 Å². The third-order valence-electron chi connectivity index (χ3n) is 2.61. The van der Waals surface area contributed by atoms with E-state index in [1.807, 2.05) is 6.07 Å². The maximum absolute atomic E-state index is 12.1. The van der Waals surface area contributed by atoms with Gasteiger partial charge >= 0.3 is 6.36 Å². The average Bonchev–Trinajstić information content (AvgIpc) is 2.37. The molecule has 0 radical (unpaired) electrons. The van der Waals surface area contributed by atoms with E-state index in [1.165, 1.54) is 24.3 Å². The van der Waals surface area contributed by atoms with Gasteiger partial charge in [0, 0.05) is 5.56 Å². The van der Waals surface area contributed by atoms with Crippen LogP contribution in [-0.4, -0.2) is 6.36 Å². The van der Waals surface area contributed by atoms with E-state index in [1.54, 1.807) is 18.2 Å². The molecule has 2 aromatic rings. The minimum absolute atomic E-state index is 0.289. The maximum atomic E-state index is 12.1. The van der Waals surface area contributed by atoms with Crippen LogP contribution in [-0.2, 0) is 0 Å². The molecule has 0 atom stereocenters. The summed E-state index contributed by atoms with van der Waals surface area (Å²) in [6.07, 6.45) is -4.73. The SMILES string of the molecule is N#Cc1c(N)cccc1-c1ccc(OC(F)(F)F)cc1. The minimum Gasteiger partial charge on any atom is -0.406 e. The fraction of sp³-hybridized carbons (Fsp3) is 0.0714. The summed E-state index contributed by atoms with van der Waals surface area (Å²) in [5.41, 5.74) is 7.44. The lowest BCUT2D eigenvalue weighted by Gasteiger charge is -2.10. The number of benzene rings is 2. The molecular weight excluding hydrogens is 269 g/mol. The first-order chi connectivity index (χ1) is 9.40. The second kappa shape index (κ2) is 5.13. The lowest BCUT2D eigenvalue weighted by atomic mass is 9.99. The fourth-order valence-electron chi connectivity index (χ4n) is 1.77. The van der Waals surface area contributed by atoms with Crippen LogP contribution in [0.1, 0.15) is 5.56 Å². The lowest BCUT2D eigenvalue weighted by molar-refractivity contribution is -0.274. The highest BCUT2D eigenvalue weighted by Crippen LogP contribution is 2.30. The van der Waals surface area contributed by atoms with E-state index in [0.29, 0.717) is 16.8 Å². The molecule has 0 aliphatic rings.